The van der Waals surface area contributed by atoms with Crippen LogP contribution in [0.15, 0.2) is 48.7 Å². The predicted molar refractivity (Wildman–Crippen MR) is 105 cm³/mol. The average Bonchev–Trinajstić information content (AvgIpc) is 3.02. The highest BCUT2D eigenvalue weighted by Crippen LogP contribution is 2.36. The van der Waals surface area contributed by atoms with E-state index in [1.165, 1.54) is 27.6 Å². The number of hydrogen-bond acceptors (Lipinski definition) is 2. The lowest BCUT2D eigenvalue weighted by atomic mass is 9.87. The lowest BCUT2D eigenvalue weighted by Crippen LogP contribution is -2.02. The summed E-state index contributed by atoms with van der Waals surface area (Å²) in [5.74, 6) is 1.26. The number of benzene rings is 2. The summed E-state index contributed by atoms with van der Waals surface area (Å²) < 4.78 is 0. The molecule has 1 aromatic heterocycles. The molecule has 126 valence electrons. The van der Waals surface area contributed by atoms with Crippen molar-refractivity contribution in [1.82, 2.24) is 4.98 Å². The maximum atomic E-state index is 9.30. The number of aromatic nitrogens is 1. The minimum atomic E-state index is 0.212. The number of rotatable bonds is 7. The van der Waals surface area contributed by atoms with Gasteiger partial charge >= 0.3 is 0 Å². The number of nitrogens with one attached hydrogen (secondary N) is 1. The third-order valence-electron chi connectivity index (χ3n) is 4.43. The van der Waals surface area contributed by atoms with Crippen LogP contribution in [0.2, 0.25) is 5.02 Å². The van der Waals surface area contributed by atoms with Gasteiger partial charge in [0.05, 0.1) is 0 Å². The molecule has 2 nitrogen and oxygen atoms in total. The fourth-order valence-electron chi connectivity index (χ4n) is 3.30. The van der Waals surface area contributed by atoms with Gasteiger partial charge in [0, 0.05) is 40.4 Å². The Morgan fingerprint density at radius 2 is 1.96 bits per heavy atom. The molecule has 0 amide bonds. The van der Waals surface area contributed by atoms with Crippen LogP contribution in [0, 0.1) is 0 Å². The van der Waals surface area contributed by atoms with Gasteiger partial charge in [0.2, 0.25) is 0 Å². The van der Waals surface area contributed by atoms with Gasteiger partial charge in [-0.3, -0.25) is 0 Å². The summed E-state index contributed by atoms with van der Waals surface area (Å²) >= 11 is 7.88. The van der Waals surface area contributed by atoms with E-state index in [0.29, 0.717) is 0 Å². The number of fused-ring (bicyclic) bond motifs is 1. The first-order valence-corrected chi connectivity index (χ1v) is 9.96. The van der Waals surface area contributed by atoms with Crippen LogP contribution in [-0.2, 0) is 5.75 Å². The molecule has 0 saturated carbocycles. The van der Waals surface area contributed by atoms with E-state index in [1.807, 2.05) is 23.9 Å². The van der Waals surface area contributed by atoms with Gasteiger partial charge in [0.25, 0.3) is 0 Å². The van der Waals surface area contributed by atoms with E-state index in [1.54, 1.807) is 0 Å². The average molecular weight is 360 g/mol. The highest BCUT2D eigenvalue weighted by Gasteiger charge is 2.18. The van der Waals surface area contributed by atoms with Crippen LogP contribution in [0.4, 0.5) is 0 Å². The van der Waals surface area contributed by atoms with E-state index in [9.17, 15) is 5.11 Å². The van der Waals surface area contributed by atoms with Gasteiger partial charge in [0.1, 0.15) is 0 Å². The first kappa shape index (κ1) is 17.4. The molecule has 2 aromatic carbocycles. The Bertz CT molecular complexity index is 797. The van der Waals surface area contributed by atoms with Gasteiger partial charge in [-0.15, -0.1) is 0 Å². The first-order chi connectivity index (χ1) is 11.7. The van der Waals surface area contributed by atoms with Crippen molar-refractivity contribution in [1.29, 1.82) is 0 Å². The standard InChI is InChI=1S/C20H22ClNOS/c1-24-13-15-4-2-5-18-19(12-22-20(15)18)17(6-3-11-23)14-7-9-16(21)10-8-14/h2,4-5,7-10,12,17,22-23H,3,6,11,13H2,1H3. The van der Waals surface area contributed by atoms with Crippen molar-refractivity contribution >= 4 is 34.3 Å². The zero-order chi connectivity index (χ0) is 16.9. The summed E-state index contributed by atoms with van der Waals surface area (Å²) in [6.07, 6.45) is 5.95. The summed E-state index contributed by atoms with van der Waals surface area (Å²) in [5, 5.41) is 11.3. The van der Waals surface area contributed by atoms with Crippen molar-refractivity contribution < 1.29 is 5.11 Å². The number of aliphatic hydroxyl groups excluding tert-OH is 1. The van der Waals surface area contributed by atoms with E-state index in [4.69, 9.17) is 11.6 Å². The van der Waals surface area contributed by atoms with E-state index >= 15 is 0 Å². The van der Waals surface area contributed by atoms with Gasteiger partial charge in [-0.25, -0.2) is 0 Å². The third kappa shape index (κ3) is 3.64. The summed E-state index contributed by atoms with van der Waals surface area (Å²) in [6.45, 7) is 0.212. The fraction of sp³-hybridized carbons (Fsp3) is 0.300. The highest BCUT2D eigenvalue weighted by atomic mass is 35.5. The summed E-state index contributed by atoms with van der Waals surface area (Å²) in [4.78, 5) is 3.48. The topological polar surface area (TPSA) is 36.0 Å². The van der Waals surface area contributed by atoms with E-state index in [2.05, 4.69) is 47.8 Å². The number of halogens is 1. The summed E-state index contributed by atoms with van der Waals surface area (Å²) in [6, 6.07) is 14.6. The van der Waals surface area contributed by atoms with E-state index < -0.39 is 0 Å². The molecule has 0 spiro atoms. The molecule has 0 aliphatic rings. The van der Waals surface area contributed by atoms with E-state index in [0.717, 1.165) is 23.6 Å². The molecular formula is C20H22ClNOS. The largest absolute Gasteiger partial charge is 0.396 e. The Labute approximate surface area is 152 Å². The monoisotopic (exact) mass is 359 g/mol. The fourth-order valence-corrected chi connectivity index (χ4v) is 3.97. The van der Waals surface area contributed by atoms with Crippen LogP contribution >= 0.6 is 23.4 Å². The van der Waals surface area contributed by atoms with Crippen LogP contribution in [-0.4, -0.2) is 23.0 Å². The molecule has 4 heteroatoms. The maximum Gasteiger partial charge on any atom is 0.0498 e. The zero-order valence-electron chi connectivity index (χ0n) is 13.8. The minimum absolute atomic E-state index is 0.212. The number of H-pyrrole nitrogens is 1. The Hall–Kier alpha value is -1.42. The van der Waals surface area contributed by atoms with Crippen molar-refractivity contribution in [3.63, 3.8) is 0 Å². The quantitative estimate of drug-likeness (QED) is 0.577. The molecule has 0 radical (unpaired) electrons. The Morgan fingerprint density at radius 1 is 1.17 bits per heavy atom. The molecule has 3 aromatic rings. The SMILES string of the molecule is CSCc1cccc2c(C(CCCO)c3ccc(Cl)cc3)c[nH]c12. The van der Waals surface area contributed by atoms with Crippen molar-refractivity contribution in [2.24, 2.45) is 0 Å². The van der Waals surface area contributed by atoms with Crippen LogP contribution in [0.1, 0.15) is 35.4 Å². The summed E-state index contributed by atoms with van der Waals surface area (Å²) in [5.41, 5.74) is 5.10. The molecule has 1 atom stereocenters. The summed E-state index contributed by atoms with van der Waals surface area (Å²) in [7, 11) is 0. The van der Waals surface area contributed by atoms with Crippen LogP contribution in [0.25, 0.3) is 10.9 Å². The second-order valence-corrected chi connectivity index (χ2v) is 7.29. The number of hydrogen-bond donors (Lipinski definition) is 2. The Kier molecular flexibility index (Phi) is 5.88. The number of thioether (sulfide) groups is 1. The lowest BCUT2D eigenvalue weighted by Gasteiger charge is -2.17. The van der Waals surface area contributed by atoms with Crippen molar-refractivity contribution in [3.05, 3.63) is 70.4 Å². The minimum Gasteiger partial charge on any atom is -0.396 e. The highest BCUT2D eigenvalue weighted by molar-refractivity contribution is 7.97. The Balaban J connectivity index is 2.05. The molecule has 1 heterocycles. The molecule has 1 unspecified atom stereocenters. The molecule has 24 heavy (non-hydrogen) atoms. The maximum absolute atomic E-state index is 9.30. The molecule has 2 N–H and O–H groups in total. The Morgan fingerprint density at radius 3 is 2.67 bits per heavy atom. The van der Waals surface area contributed by atoms with Crippen molar-refractivity contribution in [2.75, 3.05) is 12.9 Å². The van der Waals surface area contributed by atoms with Crippen molar-refractivity contribution in [3.8, 4) is 0 Å². The van der Waals surface area contributed by atoms with Gasteiger partial charge in [-0.2, -0.15) is 11.8 Å². The number of para-hydroxylation sites is 1. The predicted octanol–water partition coefficient (Wildman–Crippen LogP) is 5.59. The van der Waals surface area contributed by atoms with Gasteiger partial charge in [-0.05, 0) is 47.9 Å². The van der Waals surface area contributed by atoms with Crippen molar-refractivity contribution in [2.45, 2.75) is 24.5 Å². The first-order valence-electron chi connectivity index (χ1n) is 8.18. The molecule has 0 saturated heterocycles. The molecule has 0 fully saturated rings. The van der Waals surface area contributed by atoms with Gasteiger partial charge < -0.3 is 10.1 Å². The molecular weight excluding hydrogens is 338 g/mol. The molecule has 0 aliphatic carbocycles. The second-order valence-electron chi connectivity index (χ2n) is 5.99. The normalized spacial score (nSPS) is 12.6. The number of aromatic amines is 1. The smallest absolute Gasteiger partial charge is 0.0498 e. The molecule has 0 aliphatic heterocycles. The van der Waals surface area contributed by atoms with Crippen LogP contribution < -0.4 is 0 Å². The molecule has 0 bridgehead atoms. The zero-order valence-corrected chi connectivity index (χ0v) is 15.3. The number of aliphatic hydroxyl groups is 1. The van der Waals surface area contributed by atoms with Gasteiger partial charge in [0.15, 0.2) is 0 Å². The van der Waals surface area contributed by atoms with Crippen LogP contribution in [0.5, 0.6) is 0 Å². The lowest BCUT2D eigenvalue weighted by molar-refractivity contribution is 0.282. The second kappa shape index (κ2) is 8.11. The van der Waals surface area contributed by atoms with E-state index in [-0.39, 0.29) is 12.5 Å². The van der Waals surface area contributed by atoms with Crippen LogP contribution in [0.3, 0.4) is 0 Å². The third-order valence-corrected chi connectivity index (χ3v) is 5.28. The van der Waals surface area contributed by atoms with Gasteiger partial charge in [-0.1, -0.05) is 41.9 Å². The molecule has 3 rings (SSSR count).